The molecular formula is C22H23N3O2. The lowest BCUT2D eigenvalue weighted by molar-refractivity contribution is -0.134. The Kier molecular flexibility index (Phi) is 6.24. The number of anilines is 1. The number of carbonyl (C=O) groups excluding carboxylic acids is 1. The van der Waals surface area contributed by atoms with E-state index in [0.717, 1.165) is 37.3 Å². The smallest absolute Gasteiger partial charge is 0.330 e. The van der Waals surface area contributed by atoms with E-state index >= 15 is 0 Å². The van der Waals surface area contributed by atoms with Gasteiger partial charge in [-0.15, -0.1) is 0 Å². The van der Waals surface area contributed by atoms with E-state index in [0.29, 0.717) is 5.69 Å². The fourth-order valence-corrected chi connectivity index (χ4v) is 2.84. The molecule has 5 nitrogen and oxygen atoms in total. The number of para-hydroxylation sites is 1. The van der Waals surface area contributed by atoms with Gasteiger partial charge < -0.3 is 14.5 Å². The second-order valence-corrected chi connectivity index (χ2v) is 6.39. The normalized spacial score (nSPS) is 14.7. The van der Waals surface area contributed by atoms with Crippen molar-refractivity contribution in [1.29, 1.82) is 0 Å². The highest BCUT2D eigenvalue weighted by Gasteiger charge is 2.15. The summed E-state index contributed by atoms with van der Waals surface area (Å²) in [5.41, 5.74) is 3.72. The van der Waals surface area contributed by atoms with Crippen LogP contribution in [0, 0.1) is 11.8 Å². The first kappa shape index (κ1) is 18.7. The predicted molar refractivity (Wildman–Crippen MR) is 107 cm³/mol. The highest BCUT2D eigenvalue weighted by molar-refractivity contribution is 5.86. The summed E-state index contributed by atoms with van der Waals surface area (Å²) in [7, 11) is 3.50. The summed E-state index contributed by atoms with van der Waals surface area (Å²) in [6.45, 7) is 4.15. The predicted octanol–water partition coefficient (Wildman–Crippen LogP) is 2.42. The molecule has 138 valence electrons. The summed E-state index contributed by atoms with van der Waals surface area (Å²) in [6, 6.07) is 12.0. The van der Waals surface area contributed by atoms with Crippen molar-refractivity contribution in [2.45, 2.75) is 0 Å². The van der Waals surface area contributed by atoms with Gasteiger partial charge in [0.1, 0.15) is 0 Å². The van der Waals surface area contributed by atoms with Crippen molar-refractivity contribution in [3.8, 4) is 11.8 Å². The second kappa shape index (κ2) is 9.02. The second-order valence-electron chi connectivity index (χ2n) is 6.39. The first-order valence-corrected chi connectivity index (χ1v) is 8.92. The molecule has 1 fully saturated rings. The highest BCUT2D eigenvalue weighted by atomic mass is 16.5. The van der Waals surface area contributed by atoms with Crippen molar-refractivity contribution in [3.05, 3.63) is 65.5 Å². The summed E-state index contributed by atoms with van der Waals surface area (Å²) in [5.74, 6) is 6.06. The number of benzene rings is 1. The Morgan fingerprint density at radius 1 is 1.11 bits per heavy atom. The van der Waals surface area contributed by atoms with Crippen LogP contribution in [-0.2, 0) is 9.53 Å². The molecule has 1 aliphatic rings. The van der Waals surface area contributed by atoms with E-state index < -0.39 is 5.97 Å². The van der Waals surface area contributed by atoms with Gasteiger partial charge in [0, 0.05) is 49.6 Å². The molecule has 0 spiro atoms. The number of nitrogens with zero attached hydrogens (tertiary/aromatic N) is 3. The number of methoxy groups -OCH3 is 1. The van der Waals surface area contributed by atoms with Gasteiger partial charge in [0.2, 0.25) is 0 Å². The van der Waals surface area contributed by atoms with Crippen molar-refractivity contribution < 1.29 is 9.53 Å². The van der Waals surface area contributed by atoms with Crippen LogP contribution in [0.3, 0.4) is 0 Å². The fourth-order valence-electron chi connectivity index (χ4n) is 2.84. The summed E-state index contributed by atoms with van der Waals surface area (Å²) >= 11 is 0. The number of rotatable bonds is 3. The minimum absolute atomic E-state index is 0.402. The molecule has 1 aliphatic heterocycles. The van der Waals surface area contributed by atoms with Crippen molar-refractivity contribution in [2.75, 3.05) is 45.2 Å². The zero-order valence-electron chi connectivity index (χ0n) is 15.7. The Morgan fingerprint density at radius 2 is 1.89 bits per heavy atom. The summed E-state index contributed by atoms with van der Waals surface area (Å²) < 4.78 is 4.57. The van der Waals surface area contributed by atoms with Crippen LogP contribution in [0.4, 0.5) is 5.69 Å². The van der Waals surface area contributed by atoms with Crippen molar-refractivity contribution in [2.24, 2.45) is 0 Å². The first-order valence-electron chi connectivity index (χ1n) is 8.92. The molecule has 1 saturated heterocycles. The standard InChI is InChI=1S/C22H23N3O2/c1-24-13-15-25(16-14-24)21-6-4-3-5-19(21)9-7-18-8-10-20(23-17-18)11-12-22(26)27-2/h3-6,8,10-12,17H,13-16H2,1-2H3/b12-11+. The molecule has 0 radical (unpaired) electrons. The number of pyridine rings is 1. The lowest BCUT2D eigenvalue weighted by Gasteiger charge is -2.34. The zero-order valence-corrected chi connectivity index (χ0v) is 15.7. The van der Waals surface area contributed by atoms with E-state index in [1.54, 1.807) is 12.3 Å². The summed E-state index contributed by atoms with van der Waals surface area (Å²) in [5, 5.41) is 0. The van der Waals surface area contributed by atoms with E-state index in [1.165, 1.54) is 18.9 Å². The third kappa shape index (κ3) is 5.19. The molecule has 2 aromatic rings. The van der Waals surface area contributed by atoms with Crippen LogP contribution in [-0.4, -0.2) is 56.2 Å². The molecule has 0 amide bonds. The fraction of sp³-hybridized carbons (Fsp3) is 0.273. The van der Waals surface area contributed by atoms with Gasteiger partial charge in [0.05, 0.1) is 18.5 Å². The number of aromatic nitrogens is 1. The quantitative estimate of drug-likeness (QED) is 0.477. The number of likely N-dealkylation sites (N-methyl/N-ethyl adjacent to an activating group) is 1. The number of hydrogen-bond acceptors (Lipinski definition) is 5. The number of hydrogen-bond donors (Lipinski definition) is 0. The lowest BCUT2D eigenvalue weighted by atomic mass is 10.1. The first-order chi connectivity index (χ1) is 13.2. The van der Waals surface area contributed by atoms with Crippen LogP contribution >= 0.6 is 0 Å². The van der Waals surface area contributed by atoms with Gasteiger partial charge in [0.15, 0.2) is 0 Å². The maximum atomic E-state index is 11.1. The van der Waals surface area contributed by atoms with Crippen molar-refractivity contribution in [3.63, 3.8) is 0 Å². The summed E-state index contributed by atoms with van der Waals surface area (Å²) in [6.07, 6.45) is 4.67. The molecule has 1 aromatic heterocycles. The van der Waals surface area contributed by atoms with E-state index in [1.807, 2.05) is 18.2 Å². The SMILES string of the molecule is COC(=O)/C=C/c1ccc(C#Cc2ccccc2N2CCN(C)CC2)cn1. The molecule has 2 heterocycles. The van der Waals surface area contributed by atoms with E-state index in [4.69, 9.17) is 0 Å². The largest absolute Gasteiger partial charge is 0.466 e. The monoisotopic (exact) mass is 361 g/mol. The minimum atomic E-state index is -0.402. The van der Waals surface area contributed by atoms with Crippen LogP contribution < -0.4 is 4.90 Å². The lowest BCUT2D eigenvalue weighted by Crippen LogP contribution is -2.44. The maximum absolute atomic E-state index is 11.1. The van der Waals surface area contributed by atoms with E-state index in [2.05, 4.69) is 56.6 Å². The Bertz CT molecular complexity index is 870. The third-order valence-electron chi connectivity index (χ3n) is 4.47. The van der Waals surface area contributed by atoms with Gasteiger partial charge in [-0.25, -0.2) is 4.79 Å². The highest BCUT2D eigenvalue weighted by Crippen LogP contribution is 2.21. The number of esters is 1. The van der Waals surface area contributed by atoms with Crippen LogP contribution in [0.2, 0.25) is 0 Å². The van der Waals surface area contributed by atoms with Crippen LogP contribution in [0.15, 0.2) is 48.7 Å². The van der Waals surface area contributed by atoms with Gasteiger partial charge in [-0.3, -0.25) is 4.98 Å². The molecule has 0 bridgehead atoms. The van der Waals surface area contributed by atoms with Gasteiger partial charge in [-0.1, -0.05) is 24.0 Å². The van der Waals surface area contributed by atoms with E-state index in [9.17, 15) is 4.79 Å². The molecule has 0 aliphatic carbocycles. The van der Waals surface area contributed by atoms with Gasteiger partial charge in [-0.2, -0.15) is 0 Å². The number of piperazine rings is 1. The molecule has 0 saturated carbocycles. The van der Waals surface area contributed by atoms with E-state index in [-0.39, 0.29) is 0 Å². The minimum Gasteiger partial charge on any atom is -0.466 e. The Labute approximate surface area is 160 Å². The number of ether oxygens (including phenoxy) is 1. The average Bonchev–Trinajstić information content (AvgIpc) is 2.72. The van der Waals surface area contributed by atoms with Crippen molar-refractivity contribution >= 4 is 17.7 Å². The molecule has 27 heavy (non-hydrogen) atoms. The zero-order chi connectivity index (χ0) is 19.1. The maximum Gasteiger partial charge on any atom is 0.330 e. The van der Waals surface area contributed by atoms with Gasteiger partial charge in [-0.05, 0) is 37.4 Å². The average molecular weight is 361 g/mol. The molecule has 0 unspecified atom stereocenters. The number of carbonyl (C=O) groups is 1. The van der Waals surface area contributed by atoms with Crippen LogP contribution in [0.25, 0.3) is 6.08 Å². The van der Waals surface area contributed by atoms with Crippen LogP contribution in [0.1, 0.15) is 16.8 Å². The van der Waals surface area contributed by atoms with Crippen molar-refractivity contribution in [1.82, 2.24) is 9.88 Å². The third-order valence-corrected chi connectivity index (χ3v) is 4.47. The topological polar surface area (TPSA) is 45.7 Å². The molecule has 5 heteroatoms. The molecule has 0 atom stereocenters. The van der Waals surface area contributed by atoms with Crippen LogP contribution in [0.5, 0.6) is 0 Å². The molecule has 0 N–H and O–H groups in total. The molecule has 3 rings (SSSR count). The molecular weight excluding hydrogens is 338 g/mol. The van der Waals surface area contributed by atoms with Gasteiger partial charge in [0.25, 0.3) is 0 Å². The Balaban J connectivity index is 1.74. The Hall–Kier alpha value is -3.10. The summed E-state index contributed by atoms with van der Waals surface area (Å²) in [4.78, 5) is 20.2. The molecule has 1 aromatic carbocycles. The Morgan fingerprint density at radius 3 is 2.59 bits per heavy atom. The van der Waals surface area contributed by atoms with Gasteiger partial charge >= 0.3 is 5.97 Å².